The van der Waals surface area contributed by atoms with Crippen LogP contribution in [0.1, 0.15) is 0 Å². The Kier molecular flexibility index (Phi) is 2.83. The van der Waals surface area contributed by atoms with Gasteiger partial charge in [0.25, 0.3) is 5.89 Å². The van der Waals surface area contributed by atoms with Crippen molar-refractivity contribution in [2.24, 2.45) is 0 Å². The number of hydrogen-bond acceptors (Lipinski definition) is 6. The maximum Gasteiger partial charge on any atom is 0.278 e. The zero-order chi connectivity index (χ0) is 15.9. The first-order valence-electron chi connectivity index (χ1n) is 7.24. The summed E-state index contributed by atoms with van der Waals surface area (Å²) in [5.41, 5.74) is 3.14. The van der Waals surface area contributed by atoms with Crippen LogP contribution in [0, 0.1) is 0 Å². The molecule has 0 aromatic carbocycles. The van der Waals surface area contributed by atoms with Gasteiger partial charge in [-0.1, -0.05) is 11.2 Å². The summed E-state index contributed by atoms with van der Waals surface area (Å²) in [5, 5.41) is 13.4. The standard InChI is InChI=1S/C16H10N6OS/c1-3-10(15-17-5-7-22(15)6-1)14-18-16(23-21-14)12-9-11(19-20-12)13-4-2-8-24-13/h1-9H,(H,19,20). The predicted octanol–water partition coefficient (Wildman–Crippen LogP) is 3.50. The van der Waals surface area contributed by atoms with Crippen molar-refractivity contribution in [1.29, 1.82) is 0 Å². The highest BCUT2D eigenvalue weighted by Gasteiger charge is 2.16. The number of fused-ring (bicyclic) bond motifs is 1. The van der Waals surface area contributed by atoms with Gasteiger partial charge >= 0.3 is 0 Å². The molecule has 24 heavy (non-hydrogen) atoms. The number of pyridine rings is 1. The first-order valence-corrected chi connectivity index (χ1v) is 8.12. The number of imidazole rings is 1. The Labute approximate surface area is 139 Å². The van der Waals surface area contributed by atoms with Gasteiger partial charge in [0.1, 0.15) is 5.65 Å². The average Bonchev–Trinajstić information content (AvgIpc) is 3.41. The second kappa shape index (κ2) is 5.14. The molecule has 116 valence electrons. The largest absolute Gasteiger partial charge is 0.332 e. The molecule has 0 radical (unpaired) electrons. The fourth-order valence-electron chi connectivity index (χ4n) is 2.55. The smallest absolute Gasteiger partial charge is 0.278 e. The average molecular weight is 334 g/mol. The van der Waals surface area contributed by atoms with Crippen molar-refractivity contribution < 1.29 is 4.52 Å². The van der Waals surface area contributed by atoms with E-state index in [1.807, 2.05) is 52.5 Å². The molecule has 0 amide bonds. The fourth-order valence-corrected chi connectivity index (χ4v) is 3.24. The molecule has 8 heteroatoms. The van der Waals surface area contributed by atoms with E-state index in [0.29, 0.717) is 17.4 Å². The molecule has 0 saturated heterocycles. The molecule has 0 spiro atoms. The molecule has 0 aliphatic heterocycles. The summed E-state index contributed by atoms with van der Waals surface area (Å²) in [4.78, 5) is 9.91. The number of aromatic amines is 1. The molecule has 0 atom stereocenters. The van der Waals surface area contributed by atoms with Crippen molar-refractivity contribution in [1.82, 2.24) is 29.7 Å². The van der Waals surface area contributed by atoms with Gasteiger partial charge in [0.05, 0.1) is 16.1 Å². The Balaban J connectivity index is 1.55. The number of aromatic nitrogens is 6. The van der Waals surface area contributed by atoms with Crippen LogP contribution in [0.25, 0.3) is 39.2 Å². The van der Waals surface area contributed by atoms with E-state index in [1.54, 1.807) is 17.5 Å². The number of rotatable bonds is 3. The van der Waals surface area contributed by atoms with Gasteiger partial charge in [-0.25, -0.2) is 4.98 Å². The molecule has 0 aliphatic carbocycles. The van der Waals surface area contributed by atoms with Gasteiger partial charge in [-0.15, -0.1) is 11.3 Å². The number of thiophene rings is 1. The zero-order valence-corrected chi connectivity index (χ0v) is 13.1. The summed E-state index contributed by atoms with van der Waals surface area (Å²) in [6.07, 6.45) is 5.54. The number of nitrogens with one attached hydrogen (secondary N) is 1. The molecular weight excluding hydrogens is 324 g/mol. The van der Waals surface area contributed by atoms with Crippen molar-refractivity contribution >= 4 is 17.0 Å². The monoisotopic (exact) mass is 334 g/mol. The Morgan fingerprint density at radius 1 is 1.17 bits per heavy atom. The Hall–Kier alpha value is -3.26. The van der Waals surface area contributed by atoms with E-state index in [-0.39, 0.29) is 0 Å². The third kappa shape index (κ3) is 2.04. The highest BCUT2D eigenvalue weighted by molar-refractivity contribution is 7.13. The Morgan fingerprint density at radius 2 is 2.17 bits per heavy atom. The summed E-state index contributed by atoms with van der Waals surface area (Å²) in [6, 6.07) is 9.76. The second-order valence-corrected chi connectivity index (χ2v) is 6.09. The lowest BCUT2D eigenvalue weighted by molar-refractivity contribution is 0.431. The molecule has 0 aliphatic rings. The minimum Gasteiger partial charge on any atom is -0.332 e. The van der Waals surface area contributed by atoms with Crippen molar-refractivity contribution in [2.75, 3.05) is 0 Å². The van der Waals surface area contributed by atoms with E-state index in [1.165, 1.54) is 0 Å². The molecule has 5 heterocycles. The van der Waals surface area contributed by atoms with E-state index in [9.17, 15) is 0 Å². The van der Waals surface area contributed by atoms with Crippen molar-refractivity contribution in [3.05, 3.63) is 54.3 Å². The summed E-state index contributed by atoms with van der Waals surface area (Å²) in [6.45, 7) is 0. The van der Waals surface area contributed by atoms with Crippen LogP contribution in [0.4, 0.5) is 0 Å². The fraction of sp³-hybridized carbons (Fsp3) is 0. The van der Waals surface area contributed by atoms with Crippen LogP contribution in [-0.2, 0) is 0 Å². The third-order valence-corrected chi connectivity index (χ3v) is 4.57. The minimum absolute atomic E-state index is 0.373. The maximum absolute atomic E-state index is 5.38. The highest BCUT2D eigenvalue weighted by Crippen LogP contribution is 2.28. The van der Waals surface area contributed by atoms with E-state index in [4.69, 9.17) is 4.52 Å². The van der Waals surface area contributed by atoms with Crippen LogP contribution in [0.15, 0.2) is 58.8 Å². The van der Waals surface area contributed by atoms with Crippen LogP contribution >= 0.6 is 11.3 Å². The SMILES string of the molecule is c1csc(-c2cc(-c3nc(-c4cccn5ccnc45)no3)n[nH]2)c1. The zero-order valence-electron chi connectivity index (χ0n) is 12.2. The lowest BCUT2D eigenvalue weighted by Gasteiger charge is -1.97. The first-order chi connectivity index (χ1) is 11.9. The van der Waals surface area contributed by atoms with Gasteiger partial charge < -0.3 is 8.92 Å². The molecule has 0 fully saturated rings. The summed E-state index contributed by atoms with van der Waals surface area (Å²) < 4.78 is 7.30. The summed E-state index contributed by atoms with van der Waals surface area (Å²) in [5.74, 6) is 0.861. The molecular formula is C16H10N6OS. The van der Waals surface area contributed by atoms with Gasteiger partial charge in [-0.05, 0) is 29.6 Å². The molecule has 0 unspecified atom stereocenters. The molecule has 5 aromatic rings. The Bertz CT molecular complexity index is 1120. The third-order valence-electron chi connectivity index (χ3n) is 3.67. The molecule has 0 bridgehead atoms. The van der Waals surface area contributed by atoms with Crippen LogP contribution in [0.5, 0.6) is 0 Å². The quantitative estimate of drug-likeness (QED) is 0.546. The van der Waals surface area contributed by atoms with Gasteiger partial charge in [0, 0.05) is 18.6 Å². The first kappa shape index (κ1) is 13.2. The van der Waals surface area contributed by atoms with Crippen LogP contribution < -0.4 is 0 Å². The van der Waals surface area contributed by atoms with E-state index in [0.717, 1.165) is 21.8 Å². The molecule has 1 N–H and O–H groups in total. The van der Waals surface area contributed by atoms with Crippen molar-refractivity contribution in [3.63, 3.8) is 0 Å². The van der Waals surface area contributed by atoms with Crippen molar-refractivity contribution in [2.45, 2.75) is 0 Å². The van der Waals surface area contributed by atoms with Gasteiger partial charge in [0.2, 0.25) is 5.82 Å². The van der Waals surface area contributed by atoms with Gasteiger partial charge in [-0.3, -0.25) is 5.10 Å². The topological polar surface area (TPSA) is 84.9 Å². The minimum atomic E-state index is 0.373. The second-order valence-electron chi connectivity index (χ2n) is 5.15. The lowest BCUT2D eigenvalue weighted by atomic mass is 10.2. The molecule has 7 nitrogen and oxygen atoms in total. The van der Waals surface area contributed by atoms with Gasteiger partial charge in [0.15, 0.2) is 5.69 Å². The molecule has 5 rings (SSSR count). The number of H-pyrrole nitrogens is 1. The van der Waals surface area contributed by atoms with E-state index in [2.05, 4.69) is 25.3 Å². The normalized spacial score (nSPS) is 11.3. The van der Waals surface area contributed by atoms with E-state index < -0.39 is 0 Å². The predicted molar refractivity (Wildman–Crippen MR) is 89.4 cm³/mol. The van der Waals surface area contributed by atoms with Crippen LogP contribution in [0.3, 0.4) is 0 Å². The lowest BCUT2D eigenvalue weighted by Crippen LogP contribution is -1.88. The number of nitrogens with zero attached hydrogens (tertiary/aromatic N) is 5. The maximum atomic E-state index is 5.38. The van der Waals surface area contributed by atoms with Crippen LogP contribution in [-0.4, -0.2) is 29.7 Å². The number of hydrogen-bond donors (Lipinski definition) is 1. The molecule has 0 saturated carbocycles. The van der Waals surface area contributed by atoms with Gasteiger partial charge in [-0.2, -0.15) is 10.1 Å². The molecule has 5 aromatic heterocycles. The highest BCUT2D eigenvalue weighted by atomic mass is 32.1. The summed E-state index contributed by atoms with van der Waals surface area (Å²) >= 11 is 1.64. The summed E-state index contributed by atoms with van der Waals surface area (Å²) in [7, 11) is 0. The van der Waals surface area contributed by atoms with E-state index >= 15 is 0 Å². The Morgan fingerprint density at radius 3 is 3.08 bits per heavy atom. The van der Waals surface area contributed by atoms with Crippen LogP contribution in [0.2, 0.25) is 0 Å². The van der Waals surface area contributed by atoms with Crippen molar-refractivity contribution in [3.8, 4) is 33.5 Å².